The number of benzene rings is 2. The van der Waals surface area contributed by atoms with E-state index in [4.69, 9.17) is 25.8 Å². The van der Waals surface area contributed by atoms with Gasteiger partial charge in [0.05, 0.1) is 7.11 Å². The Hall–Kier alpha value is -2.89. The van der Waals surface area contributed by atoms with Gasteiger partial charge < -0.3 is 19.3 Å². The SMILES string of the molecule is COCOc1cc2c(cc1F)C[C@H](C[C@@H](C)CO)C21CCC(C(=O)OC)(N(C(=O)C(F)(F)F)c2cccc(Cl)c2)CC1. The van der Waals surface area contributed by atoms with E-state index in [1.54, 1.807) is 6.07 Å². The lowest BCUT2D eigenvalue weighted by Gasteiger charge is -2.51. The largest absolute Gasteiger partial charge is 0.471 e. The number of carbonyl (C=O) groups is 2. The van der Waals surface area contributed by atoms with Gasteiger partial charge in [0.2, 0.25) is 0 Å². The Bertz CT molecular complexity index is 1310. The van der Waals surface area contributed by atoms with E-state index in [-0.39, 0.29) is 67.4 Å². The molecule has 42 heavy (non-hydrogen) atoms. The summed E-state index contributed by atoms with van der Waals surface area (Å²) < 4.78 is 72.5. The highest BCUT2D eigenvalue weighted by atomic mass is 35.5. The summed E-state index contributed by atoms with van der Waals surface area (Å²) in [5.74, 6) is -3.99. The molecule has 7 nitrogen and oxygen atoms in total. The summed E-state index contributed by atoms with van der Waals surface area (Å²) in [6, 6.07) is 8.36. The number of fused-ring (bicyclic) bond motifs is 2. The van der Waals surface area contributed by atoms with Gasteiger partial charge in [-0.2, -0.15) is 13.2 Å². The van der Waals surface area contributed by atoms with Crippen LogP contribution in [0, 0.1) is 17.7 Å². The Balaban J connectivity index is 1.83. The Morgan fingerprint density at radius 3 is 2.40 bits per heavy atom. The second-order valence-corrected chi connectivity index (χ2v) is 11.6. The van der Waals surface area contributed by atoms with Gasteiger partial charge in [-0.15, -0.1) is 0 Å². The van der Waals surface area contributed by atoms with Crippen molar-refractivity contribution in [3.05, 3.63) is 58.4 Å². The first kappa shape index (κ1) is 32.0. The third-order valence-corrected chi connectivity index (χ3v) is 8.98. The molecule has 0 saturated heterocycles. The van der Waals surface area contributed by atoms with Gasteiger partial charge in [0.15, 0.2) is 18.4 Å². The highest BCUT2D eigenvalue weighted by molar-refractivity contribution is 6.31. The van der Waals surface area contributed by atoms with Crippen LogP contribution in [0.3, 0.4) is 0 Å². The van der Waals surface area contributed by atoms with Crippen LogP contribution in [0.4, 0.5) is 23.2 Å². The Labute approximate surface area is 246 Å². The van der Waals surface area contributed by atoms with E-state index in [1.807, 2.05) is 6.92 Å². The van der Waals surface area contributed by atoms with E-state index in [0.717, 1.165) is 18.2 Å². The van der Waals surface area contributed by atoms with Crippen LogP contribution >= 0.6 is 11.6 Å². The number of carbonyl (C=O) groups excluding carboxylic acids is 2. The van der Waals surface area contributed by atoms with Gasteiger partial charge in [0, 0.05) is 24.4 Å². The van der Waals surface area contributed by atoms with Crippen molar-refractivity contribution in [2.75, 3.05) is 32.5 Å². The molecule has 12 heteroatoms. The molecule has 2 aromatic carbocycles. The number of hydrogen-bond donors (Lipinski definition) is 1. The van der Waals surface area contributed by atoms with Gasteiger partial charge in [0.1, 0.15) is 5.54 Å². The summed E-state index contributed by atoms with van der Waals surface area (Å²) in [6.07, 6.45) is -4.20. The minimum atomic E-state index is -5.29. The summed E-state index contributed by atoms with van der Waals surface area (Å²) in [5.41, 5.74) is -1.34. The lowest BCUT2D eigenvalue weighted by molar-refractivity contribution is -0.174. The normalized spacial score (nSPS) is 24.3. The van der Waals surface area contributed by atoms with Crippen LogP contribution in [0.15, 0.2) is 36.4 Å². The zero-order chi connectivity index (χ0) is 30.9. The van der Waals surface area contributed by atoms with E-state index >= 15 is 0 Å². The van der Waals surface area contributed by atoms with Crippen molar-refractivity contribution in [3.8, 4) is 5.75 Å². The number of nitrogens with zero attached hydrogens (tertiary/aromatic N) is 1. The molecule has 2 aromatic rings. The molecule has 1 spiro atoms. The number of aliphatic hydroxyl groups is 1. The van der Waals surface area contributed by atoms with Crippen molar-refractivity contribution in [1.29, 1.82) is 0 Å². The maximum Gasteiger partial charge on any atom is 0.471 e. The highest BCUT2D eigenvalue weighted by Crippen LogP contribution is 2.58. The van der Waals surface area contributed by atoms with Crippen LogP contribution in [-0.4, -0.2) is 56.3 Å². The Kier molecular flexibility index (Phi) is 9.44. The van der Waals surface area contributed by atoms with Crippen LogP contribution in [0.2, 0.25) is 5.02 Å². The number of hydrogen-bond acceptors (Lipinski definition) is 6. The van der Waals surface area contributed by atoms with Crippen LogP contribution in [0.5, 0.6) is 5.75 Å². The molecule has 0 heterocycles. The molecule has 2 aliphatic carbocycles. The highest BCUT2D eigenvalue weighted by Gasteiger charge is 2.60. The molecule has 2 aliphatic rings. The molecule has 4 rings (SSSR count). The zero-order valence-electron chi connectivity index (χ0n) is 23.6. The van der Waals surface area contributed by atoms with Crippen molar-refractivity contribution in [3.63, 3.8) is 0 Å². The minimum Gasteiger partial charge on any atom is -0.467 e. The Morgan fingerprint density at radius 2 is 1.83 bits per heavy atom. The molecule has 2 atom stereocenters. The Morgan fingerprint density at radius 1 is 1.14 bits per heavy atom. The van der Waals surface area contributed by atoms with Crippen LogP contribution in [0.1, 0.15) is 50.2 Å². The summed E-state index contributed by atoms with van der Waals surface area (Å²) in [5, 5.41) is 9.90. The molecule has 0 aromatic heterocycles. The first-order chi connectivity index (χ1) is 19.8. The molecule has 1 fully saturated rings. The molecule has 230 valence electrons. The van der Waals surface area contributed by atoms with E-state index in [0.29, 0.717) is 17.7 Å². The second-order valence-electron chi connectivity index (χ2n) is 11.2. The fourth-order valence-electron chi connectivity index (χ4n) is 6.81. The van der Waals surface area contributed by atoms with Gasteiger partial charge in [-0.25, -0.2) is 9.18 Å². The van der Waals surface area contributed by atoms with Crippen LogP contribution in [-0.2, 0) is 30.9 Å². The second kappa shape index (κ2) is 12.4. The van der Waals surface area contributed by atoms with Gasteiger partial charge in [-0.1, -0.05) is 24.6 Å². The smallest absolute Gasteiger partial charge is 0.467 e. The van der Waals surface area contributed by atoms with Gasteiger partial charge in [-0.3, -0.25) is 9.69 Å². The molecule has 1 N–H and O–H groups in total. The maximum atomic E-state index is 14.9. The van der Waals surface area contributed by atoms with Crippen molar-refractivity contribution in [1.82, 2.24) is 0 Å². The number of aliphatic hydroxyl groups excluding tert-OH is 1. The van der Waals surface area contributed by atoms with E-state index in [2.05, 4.69) is 0 Å². The van der Waals surface area contributed by atoms with Crippen molar-refractivity contribution >= 4 is 29.2 Å². The van der Waals surface area contributed by atoms with Crippen molar-refractivity contribution in [2.45, 2.75) is 62.6 Å². The number of halogens is 5. The number of amides is 1. The first-order valence-electron chi connectivity index (χ1n) is 13.6. The lowest BCUT2D eigenvalue weighted by Crippen LogP contribution is -2.63. The third-order valence-electron chi connectivity index (χ3n) is 8.75. The zero-order valence-corrected chi connectivity index (χ0v) is 24.4. The van der Waals surface area contributed by atoms with Crippen LogP contribution in [0.25, 0.3) is 0 Å². The van der Waals surface area contributed by atoms with Gasteiger partial charge in [0.25, 0.3) is 0 Å². The minimum absolute atomic E-state index is 0.0246. The molecule has 0 radical (unpaired) electrons. The lowest BCUT2D eigenvalue weighted by atomic mass is 9.59. The monoisotopic (exact) mass is 615 g/mol. The average Bonchev–Trinajstić information content (AvgIpc) is 3.22. The molecule has 0 bridgehead atoms. The molecule has 1 amide bonds. The van der Waals surface area contributed by atoms with Gasteiger partial charge >= 0.3 is 18.1 Å². The van der Waals surface area contributed by atoms with Crippen molar-refractivity contribution in [2.24, 2.45) is 11.8 Å². The van der Waals surface area contributed by atoms with Crippen molar-refractivity contribution < 1.29 is 46.5 Å². The number of alkyl halides is 3. The van der Waals surface area contributed by atoms with E-state index in [9.17, 15) is 32.3 Å². The predicted octanol–water partition coefficient (Wildman–Crippen LogP) is 5.97. The number of anilines is 1. The number of ether oxygens (including phenoxy) is 3. The summed E-state index contributed by atoms with van der Waals surface area (Å²) in [7, 11) is 2.47. The topological polar surface area (TPSA) is 85.3 Å². The predicted molar refractivity (Wildman–Crippen MR) is 147 cm³/mol. The maximum absolute atomic E-state index is 14.9. The third kappa shape index (κ3) is 5.83. The molecular weight excluding hydrogens is 582 g/mol. The fraction of sp³-hybridized carbons (Fsp3) is 0.533. The molecular formula is C30H34ClF4NO6. The van der Waals surface area contributed by atoms with E-state index in [1.165, 1.54) is 37.4 Å². The number of esters is 1. The number of rotatable bonds is 9. The summed E-state index contributed by atoms with van der Waals surface area (Å²) >= 11 is 6.10. The van der Waals surface area contributed by atoms with Crippen LogP contribution < -0.4 is 9.64 Å². The van der Waals surface area contributed by atoms with E-state index < -0.39 is 34.8 Å². The quantitative estimate of drug-likeness (QED) is 0.213. The molecule has 0 unspecified atom stereocenters. The fourth-order valence-corrected chi connectivity index (χ4v) is 6.99. The summed E-state index contributed by atoms with van der Waals surface area (Å²) in [6.45, 7) is 1.62. The number of methoxy groups -OCH3 is 2. The average molecular weight is 616 g/mol. The van der Waals surface area contributed by atoms with Gasteiger partial charge in [-0.05, 0) is 97.2 Å². The first-order valence-corrected chi connectivity index (χ1v) is 14.0. The summed E-state index contributed by atoms with van der Waals surface area (Å²) in [4.78, 5) is 26.9. The standard InChI is InChI=1S/C30H34ClF4NO6/c1-18(16-37)11-20-12-19-13-24(32)25(42-17-40-2)15-23(19)28(20)7-9-29(10-8-28,27(39)41-3)36(26(38)30(33,34)35)22-6-4-5-21(31)14-22/h4-6,13-15,18,20,37H,7-12,16-17H2,1-3H3/t18-,20+,28?,29?/m1/s1. The molecule has 0 aliphatic heterocycles. The molecule has 1 saturated carbocycles.